The van der Waals surface area contributed by atoms with Crippen LogP contribution in [0.4, 0.5) is 0 Å². The number of hydrogen-bond acceptors (Lipinski definition) is 2. The number of carbonyl (C=O) groups is 1. The van der Waals surface area contributed by atoms with E-state index in [4.69, 9.17) is 5.73 Å². The number of hydrogen-bond donors (Lipinski definition) is 1. The van der Waals surface area contributed by atoms with Gasteiger partial charge in [0, 0.05) is 26.6 Å². The van der Waals surface area contributed by atoms with Gasteiger partial charge in [0.25, 0.3) is 0 Å². The first-order valence-electron chi connectivity index (χ1n) is 4.31. The Balaban J connectivity index is 3.87. The van der Waals surface area contributed by atoms with Gasteiger partial charge in [-0.25, -0.2) is 0 Å². The van der Waals surface area contributed by atoms with Gasteiger partial charge in [0.15, 0.2) is 0 Å². The van der Waals surface area contributed by atoms with Crippen molar-refractivity contribution < 1.29 is 4.79 Å². The fourth-order valence-electron chi connectivity index (χ4n) is 0.907. The predicted octanol–water partition coefficient (Wildman–Crippen LogP) is 0.840. The minimum atomic E-state index is 0.0694. The molecule has 1 amide bonds. The van der Waals surface area contributed by atoms with Crippen molar-refractivity contribution in [3.8, 4) is 0 Å². The normalized spacial score (nSPS) is 11.4. The third-order valence-electron chi connectivity index (χ3n) is 1.57. The lowest BCUT2D eigenvalue weighted by Crippen LogP contribution is -2.33. The van der Waals surface area contributed by atoms with E-state index in [1.165, 1.54) is 0 Å². The summed E-state index contributed by atoms with van der Waals surface area (Å²) >= 11 is 0. The molecule has 0 fully saturated rings. The Morgan fingerprint density at radius 3 is 2.25 bits per heavy atom. The first-order valence-corrected chi connectivity index (χ1v) is 4.31. The highest BCUT2D eigenvalue weighted by atomic mass is 16.2. The number of likely N-dealkylation sites (N-methyl/N-ethyl adjacent to an activating group) is 1. The molecule has 0 atom stereocenters. The SMILES string of the molecule is CN(CCN)C(=O)CC(C)(C)C. The maximum Gasteiger partial charge on any atom is 0.222 e. The first kappa shape index (κ1) is 11.4. The second-order valence-electron chi connectivity index (χ2n) is 4.34. The van der Waals surface area contributed by atoms with Gasteiger partial charge in [-0.2, -0.15) is 0 Å². The Hall–Kier alpha value is -0.570. The quantitative estimate of drug-likeness (QED) is 0.685. The molecule has 0 heterocycles. The van der Waals surface area contributed by atoms with E-state index < -0.39 is 0 Å². The van der Waals surface area contributed by atoms with Gasteiger partial charge in [0.05, 0.1) is 0 Å². The van der Waals surface area contributed by atoms with Crippen LogP contribution in [0.25, 0.3) is 0 Å². The fourth-order valence-corrected chi connectivity index (χ4v) is 0.907. The number of nitrogens with two attached hydrogens (primary N) is 1. The van der Waals surface area contributed by atoms with Gasteiger partial charge in [0.2, 0.25) is 5.91 Å². The monoisotopic (exact) mass is 172 g/mol. The van der Waals surface area contributed by atoms with Crippen LogP contribution in [-0.4, -0.2) is 30.9 Å². The van der Waals surface area contributed by atoms with Crippen LogP contribution in [0.15, 0.2) is 0 Å². The molecule has 0 saturated carbocycles. The van der Waals surface area contributed by atoms with E-state index in [1.807, 2.05) is 0 Å². The second-order valence-corrected chi connectivity index (χ2v) is 4.34. The minimum absolute atomic E-state index is 0.0694. The van der Waals surface area contributed by atoms with Gasteiger partial charge in [0.1, 0.15) is 0 Å². The van der Waals surface area contributed by atoms with E-state index in [1.54, 1.807) is 11.9 Å². The van der Waals surface area contributed by atoms with Crippen molar-refractivity contribution in [1.82, 2.24) is 4.90 Å². The third kappa shape index (κ3) is 5.13. The second kappa shape index (κ2) is 4.45. The zero-order valence-electron chi connectivity index (χ0n) is 8.55. The van der Waals surface area contributed by atoms with Crippen molar-refractivity contribution in [2.24, 2.45) is 11.1 Å². The van der Waals surface area contributed by atoms with Crippen molar-refractivity contribution in [3.63, 3.8) is 0 Å². The van der Waals surface area contributed by atoms with Gasteiger partial charge < -0.3 is 10.6 Å². The lowest BCUT2D eigenvalue weighted by atomic mass is 9.92. The molecule has 0 aliphatic heterocycles. The van der Waals surface area contributed by atoms with Crippen molar-refractivity contribution in [2.45, 2.75) is 27.2 Å². The molecule has 0 bridgehead atoms. The summed E-state index contributed by atoms with van der Waals surface area (Å²) in [4.78, 5) is 13.1. The molecule has 0 saturated heterocycles. The number of rotatable bonds is 3. The molecule has 0 unspecified atom stereocenters. The summed E-state index contributed by atoms with van der Waals surface area (Å²) in [5.74, 6) is 0.174. The van der Waals surface area contributed by atoms with Crippen molar-refractivity contribution in [2.75, 3.05) is 20.1 Å². The molecular weight excluding hydrogens is 152 g/mol. The number of carbonyl (C=O) groups excluding carboxylic acids is 1. The topological polar surface area (TPSA) is 46.3 Å². The summed E-state index contributed by atoms with van der Waals surface area (Å²) in [5.41, 5.74) is 5.41. The standard InChI is InChI=1S/C9H20N2O/c1-9(2,3)7-8(12)11(4)6-5-10/h5-7,10H2,1-4H3. The predicted molar refractivity (Wildman–Crippen MR) is 50.8 cm³/mol. The van der Waals surface area contributed by atoms with Gasteiger partial charge in [-0.1, -0.05) is 20.8 Å². The highest BCUT2D eigenvalue weighted by molar-refractivity contribution is 5.76. The van der Waals surface area contributed by atoms with Crippen molar-refractivity contribution in [1.29, 1.82) is 0 Å². The van der Waals surface area contributed by atoms with Gasteiger partial charge >= 0.3 is 0 Å². The summed E-state index contributed by atoms with van der Waals surface area (Å²) in [6.07, 6.45) is 0.587. The van der Waals surface area contributed by atoms with Gasteiger partial charge in [-0.3, -0.25) is 4.79 Å². The third-order valence-corrected chi connectivity index (χ3v) is 1.57. The number of amides is 1. The summed E-state index contributed by atoms with van der Waals surface area (Å²) in [7, 11) is 1.79. The molecule has 0 radical (unpaired) electrons. The van der Waals surface area contributed by atoms with Crippen molar-refractivity contribution in [3.05, 3.63) is 0 Å². The highest BCUT2D eigenvalue weighted by Gasteiger charge is 2.18. The van der Waals surface area contributed by atoms with Crippen LogP contribution in [0.3, 0.4) is 0 Å². The smallest absolute Gasteiger partial charge is 0.222 e. The van der Waals surface area contributed by atoms with Crippen molar-refractivity contribution >= 4 is 5.91 Å². The summed E-state index contributed by atoms with van der Waals surface area (Å²) in [5, 5.41) is 0. The molecule has 0 aromatic heterocycles. The molecule has 3 heteroatoms. The molecular formula is C9H20N2O. The Labute approximate surface area is 74.9 Å². The van der Waals surface area contributed by atoms with E-state index in [-0.39, 0.29) is 11.3 Å². The Bertz CT molecular complexity index is 149. The average molecular weight is 172 g/mol. The fraction of sp³-hybridized carbons (Fsp3) is 0.889. The molecule has 3 nitrogen and oxygen atoms in total. The maximum absolute atomic E-state index is 11.4. The molecule has 0 spiro atoms. The van der Waals surface area contributed by atoms with Crippen LogP contribution in [0.1, 0.15) is 27.2 Å². The van der Waals surface area contributed by atoms with Crippen LogP contribution >= 0.6 is 0 Å². The molecule has 0 aromatic rings. The lowest BCUT2D eigenvalue weighted by Gasteiger charge is -2.22. The average Bonchev–Trinajstić information content (AvgIpc) is 1.84. The summed E-state index contributed by atoms with van der Waals surface area (Å²) in [6.45, 7) is 7.35. The van der Waals surface area contributed by atoms with E-state index in [0.717, 1.165) is 0 Å². The van der Waals surface area contributed by atoms with Crippen LogP contribution in [0.5, 0.6) is 0 Å². The van der Waals surface area contributed by atoms with Crippen LogP contribution in [-0.2, 0) is 4.79 Å². The lowest BCUT2D eigenvalue weighted by molar-refractivity contribution is -0.131. The highest BCUT2D eigenvalue weighted by Crippen LogP contribution is 2.19. The van der Waals surface area contributed by atoms with Crippen LogP contribution < -0.4 is 5.73 Å². The molecule has 0 aliphatic rings. The minimum Gasteiger partial charge on any atom is -0.344 e. The molecule has 0 rings (SSSR count). The number of nitrogens with zero attached hydrogens (tertiary/aromatic N) is 1. The van der Waals surface area contributed by atoms with Crippen LogP contribution in [0.2, 0.25) is 0 Å². The Kier molecular flexibility index (Phi) is 4.24. The Morgan fingerprint density at radius 1 is 1.42 bits per heavy atom. The largest absolute Gasteiger partial charge is 0.344 e. The maximum atomic E-state index is 11.4. The van der Waals surface area contributed by atoms with Gasteiger partial charge in [-0.05, 0) is 5.41 Å². The zero-order chi connectivity index (χ0) is 9.78. The first-order chi connectivity index (χ1) is 5.37. The van der Waals surface area contributed by atoms with E-state index in [2.05, 4.69) is 20.8 Å². The zero-order valence-corrected chi connectivity index (χ0v) is 8.55. The molecule has 0 aliphatic carbocycles. The molecule has 72 valence electrons. The van der Waals surface area contributed by atoms with E-state index in [0.29, 0.717) is 19.5 Å². The van der Waals surface area contributed by atoms with E-state index >= 15 is 0 Å². The Morgan fingerprint density at radius 2 is 1.92 bits per heavy atom. The summed E-state index contributed by atoms with van der Waals surface area (Å²) in [6, 6.07) is 0. The van der Waals surface area contributed by atoms with Crippen LogP contribution in [0, 0.1) is 5.41 Å². The molecule has 12 heavy (non-hydrogen) atoms. The van der Waals surface area contributed by atoms with Gasteiger partial charge in [-0.15, -0.1) is 0 Å². The summed E-state index contributed by atoms with van der Waals surface area (Å²) < 4.78 is 0. The molecule has 2 N–H and O–H groups in total. The molecule has 0 aromatic carbocycles. The van der Waals surface area contributed by atoms with E-state index in [9.17, 15) is 4.79 Å².